The van der Waals surface area contributed by atoms with E-state index in [0.29, 0.717) is 16.9 Å². The predicted octanol–water partition coefficient (Wildman–Crippen LogP) is 3.40. The number of amides is 1. The lowest BCUT2D eigenvalue weighted by Gasteiger charge is -2.22. The molecule has 7 heteroatoms. The zero-order chi connectivity index (χ0) is 20.4. The van der Waals surface area contributed by atoms with Crippen LogP contribution in [0.15, 0.2) is 53.3 Å². The molecule has 2 aromatic carbocycles. The minimum absolute atomic E-state index is 0.127. The molecule has 1 fully saturated rings. The molecule has 1 unspecified atom stereocenters. The number of hydrogen-bond acceptors (Lipinski definition) is 4. The van der Waals surface area contributed by atoms with Crippen LogP contribution in [-0.2, 0) is 4.79 Å². The van der Waals surface area contributed by atoms with Crippen molar-refractivity contribution < 1.29 is 9.18 Å². The highest BCUT2D eigenvalue weighted by Gasteiger charge is 2.22. The van der Waals surface area contributed by atoms with Crippen LogP contribution >= 0.6 is 0 Å². The maximum absolute atomic E-state index is 13.5. The Balaban J connectivity index is 1.64. The first kappa shape index (κ1) is 19.1. The number of carbonyl (C=O) groups excluding carboxylic acids is 1. The quantitative estimate of drug-likeness (QED) is 0.720. The molecule has 1 aliphatic rings. The van der Waals surface area contributed by atoms with E-state index in [4.69, 9.17) is 0 Å². The van der Waals surface area contributed by atoms with Gasteiger partial charge in [0.15, 0.2) is 0 Å². The summed E-state index contributed by atoms with van der Waals surface area (Å²) in [5.74, 6) is -0.384. The van der Waals surface area contributed by atoms with Crippen molar-refractivity contribution in [3.8, 4) is 0 Å². The van der Waals surface area contributed by atoms with Gasteiger partial charge in [-0.1, -0.05) is 31.2 Å². The van der Waals surface area contributed by atoms with Crippen molar-refractivity contribution in [2.75, 3.05) is 23.4 Å². The van der Waals surface area contributed by atoms with Gasteiger partial charge in [-0.15, -0.1) is 0 Å². The van der Waals surface area contributed by atoms with Gasteiger partial charge in [0.05, 0.1) is 10.9 Å². The van der Waals surface area contributed by atoms with Crippen LogP contribution in [0.1, 0.15) is 37.7 Å². The molecule has 3 aromatic rings. The predicted molar refractivity (Wildman–Crippen MR) is 111 cm³/mol. The number of rotatable bonds is 5. The molecule has 1 aromatic heterocycles. The van der Waals surface area contributed by atoms with Crippen LogP contribution in [0, 0.1) is 5.82 Å². The molecule has 4 rings (SSSR count). The minimum Gasteiger partial charge on any atom is -0.341 e. The summed E-state index contributed by atoms with van der Waals surface area (Å²) in [7, 11) is 0. The second-order valence-electron chi connectivity index (χ2n) is 7.46. The Morgan fingerprint density at radius 3 is 2.69 bits per heavy atom. The van der Waals surface area contributed by atoms with Gasteiger partial charge < -0.3 is 4.90 Å². The first-order valence-electron chi connectivity index (χ1n) is 9.85. The number of nitrogens with one attached hydrogen (secondary N) is 1. The molecule has 1 amide bonds. The van der Waals surface area contributed by atoms with Crippen molar-refractivity contribution in [1.82, 2.24) is 9.66 Å². The van der Waals surface area contributed by atoms with E-state index in [9.17, 15) is 14.0 Å². The highest BCUT2D eigenvalue weighted by molar-refractivity contribution is 5.86. The molecule has 150 valence electrons. The highest BCUT2D eigenvalue weighted by Crippen LogP contribution is 2.21. The summed E-state index contributed by atoms with van der Waals surface area (Å²) < 4.78 is 14.7. The number of halogens is 1. The zero-order valence-corrected chi connectivity index (χ0v) is 16.3. The second-order valence-corrected chi connectivity index (χ2v) is 7.46. The average molecular weight is 394 g/mol. The monoisotopic (exact) mass is 394 g/mol. The molecule has 2 heterocycles. The van der Waals surface area contributed by atoms with Crippen molar-refractivity contribution in [2.24, 2.45) is 0 Å². The highest BCUT2D eigenvalue weighted by atomic mass is 19.1. The first-order chi connectivity index (χ1) is 14.0. The summed E-state index contributed by atoms with van der Waals surface area (Å²) in [4.78, 5) is 32.5. The van der Waals surface area contributed by atoms with Crippen molar-refractivity contribution in [3.05, 3.63) is 70.3 Å². The Morgan fingerprint density at radius 1 is 1.17 bits per heavy atom. The van der Waals surface area contributed by atoms with Crippen LogP contribution in [0.4, 0.5) is 10.3 Å². The van der Waals surface area contributed by atoms with Crippen LogP contribution in [0.2, 0.25) is 0 Å². The van der Waals surface area contributed by atoms with Crippen LogP contribution in [0.3, 0.4) is 0 Å². The Kier molecular flexibility index (Phi) is 5.29. The van der Waals surface area contributed by atoms with Crippen molar-refractivity contribution in [1.29, 1.82) is 0 Å². The summed E-state index contributed by atoms with van der Waals surface area (Å²) >= 11 is 0. The molecular formula is C22H23FN4O2. The van der Waals surface area contributed by atoms with Gasteiger partial charge in [-0.25, -0.2) is 9.37 Å². The molecule has 0 aliphatic carbocycles. The standard InChI is InChI=1S/C22H23FN4O2/c1-15(16-7-6-8-17(23)14-16)13-20(28)25-27-21(29)18-9-2-3-10-19(18)24-22(27)26-11-4-5-12-26/h2-3,6-10,14-15H,4-5,11-13H2,1H3,(H,25,28). The Hall–Kier alpha value is -3.22. The number of benzene rings is 2. The van der Waals surface area contributed by atoms with E-state index in [0.717, 1.165) is 31.5 Å². The van der Waals surface area contributed by atoms with E-state index >= 15 is 0 Å². The Morgan fingerprint density at radius 2 is 1.93 bits per heavy atom. The van der Waals surface area contributed by atoms with E-state index in [1.165, 1.54) is 16.8 Å². The molecule has 29 heavy (non-hydrogen) atoms. The van der Waals surface area contributed by atoms with Crippen molar-refractivity contribution in [3.63, 3.8) is 0 Å². The molecule has 0 bridgehead atoms. The van der Waals surface area contributed by atoms with Gasteiger partial charge in [0, 0.05) is 19.5 Å². The molecule has 6 nitrogen and oxygen atoms in total. The maximum Gasteiger partial charge on any atom is 0.281 e. The van der Waals surface area contributed by atoms with E-state index in [1.807, 2.05) is 17.9 Å². The second kappa shape index (κ2) is 8.03. The molecular weight excluding hydrogens is 371 g/mol. The lowest BCUT2D eigenvalue weighted by molar-refractivity contribution is -0.117. The van der Waals surface area contributed by atoms with E-state index < -0.39 is 0 Å². The van der Waals surface area contributed by atoms with Gasteiger partial charge in [0.25, 0.3) is 5.56 Å². The van der Waals surface area contributed by atoms with Crippen LogP contribution in [-0.4, -0.2) is 28.7 Å². The first-order valence-corrected chi connectivity index (χ1v) is 9.85. The van der Waals surface area contributed by atoms with E-state index in [2.05, 4.69) is 10.4 Å². The summed E-state index contributed by atoms with van der Waals surface area (Å²) in [5.41, 5.74) is 3.78. The molecule has 1 saturated heterocycles. The van der Waals surface area contributed by atoms with Crippen molar-refractivity contribution >= 4 is 22.8 Å². The SMILES string of the molecule is CC(CC(=O)Nn1c(N2CCCC2)nc2ccccc2c1=O)c1cccc(F)c1. The number of nitrogens with zero attached hydrogens (tertiary/aromatic N) is 3. The van der Waals surface area contributed by atoms with Crippen LogP contribution < -0.4 is 15.9 Å². The third kappa shape index (κ3) is 3.99. The molecule has 1 aliphatic heterocycles. The van der Waals surface area contributed by atoms with Gasteiger partial charge in [0.2, 0.25) is 11.9 Å². The Labute approximate surface area is 168 Å². The van der Waals surface area contributed by atoms with Gasteiger partial charge in [-0.2, -0.15) is 4.68 Å². The van der Waals surface area contributed by atoms with Gasteiger partial charge in [-0.3, -0.25) is 15.0 Å². The van der Waals surface area contributed by atoms with Gasteiger partial charge >= 0.3 is 0 Å². The third-order valence-corrected chi connectivity index (χ3v) is 5.29. The summed E-state index contributed by atoms with van der Waals surface area (Å²) in [6, 6.07) is 13.3. The third-order valence-electron chi connectivity index (χ3n) is 5.29. The average Bonchev–Trinajstić information content (AvgIpc) is 3.24. The van der Waals surface area contributed by atoms with Crippen LogP contribution in [0.5, 0.6) is 0 Å². The number of hydrogen-bond donors (Lipinski definition) is 1. The van der Waals surface area contributed by atoms with Crippen LogP contribution in [0.25, 0.3) is 10.9 Å². The molecule has 0 saturated carbocycles. The fourth-order valence-electron chi connectivity index (χ4n) is 3.73. The van der Waals surface area contributed by atoms with Gasteiger partial charge in [-0.05, 0) is 48.6 Å². The molecule has 0 spiro atoms. The molecule has 0 radical (unpaired) electrons. The number of aromatic nitrogens is 2. The number of para-hydroxylation sites is 1. The maximum atomic E-state index is 13.5. The normalized spacial score (nSPS) is 14.9. The topological polar surface area (TPSA) is 67.2 Å². The number of anilines is 1. The summed E-state index contributed by atoms with van der Waals surface area (Å²) in [5, 5.41) is 0.453. The largest absolute Gasteiger partial charge is 0.341 e. The molecule has 1 atom stereocenters. The minimum atomic E-state index is -0.332. The van der Waals surface area contributed by atoms with Crippen molar-refractivity contribution in [2.45, 2.75) is 32.1 Å². The fraction of sp³-hybridized carbons (Fsp3) is 0.318. The number of carbonyl (C=O) groups is 1. The molecule has 1 N–H and O–H groups in total. The summed E-state index contributed by atoms with van der Waals surface area (Å²) in [6.45, 7) is 3.44. The number of fused-ring (bicyclic) bond motifs is 1. The van der Waals surface area contributed by atoms with E-state index in [1.54, 1.807) is 30.3 Å². The lowest BCUT2D eigenvalue weighted by atomic mass is 9.97. The Bertz CT molecular complexity index is 1110. The van der Waals surface area contributed by atoms with Gasteiger partial charge in [0.1, 0.15) is 5.82 Å². The summed E-state index contributed by atoms with van der Waals surface area (Å²) in [6.07, 6.45) is 2.17. The van der Waals surface area contributed by atoms with E-state index in [-0.39, 0.29) is 29.6 Å². The lowest BCUT2D eigenvalue weighted by Crippen LogP contribution is -2.39. The fourth-order valence-corrected chi connectivity index (χ4v) is 3.73. The zero-order valence-electron chi connectivity index (χ0n) is 16.3. The smallest absolute Gasteiger partial charge is 0.281 e.